The van der Waals surface area contributed by atoms with Crippen LogP contribution in [-0.2, 0) is 16.1 Å². The van der Waals surface area contributed by atoms with Gasteiger partial charge in [-0.05, 0) is 44.7 Å². The lowest BCUT2D eigenvalue weighted by atomic mass is 10.1. The molecular weight excluding hydrogens is 483 g/mol. The van der Waals surface area contributed by atoms with Crippen molar-refractivity contribution in [1.29, 1.82) is 0 Å². The van der Waals surface area contributed by atoms with E-state index in [1.807, 2.05) is 6.92 Å². The molecule has 0 spiro atoms. The quantitative estimate of drug-likeness (QED) is 0.267. The summed E-state index contributed by atoms with van der Waals surface area (Å²) in [5, 5.41) is 9.26. The van der Waals surface area contributed by atoms with Crippen molar-refractivity contribution in [2.75, 3.05) is 32.9 Å². The Labute approximate surface area is 190 Å². The third-order valence-electron chi connectivity index (χ3n) is 4.83. The van der Waals surface area contributed by atoms with Crippen molar-refractivity contribution >= 4 is 35.8 Å². The van der Waals surface area contributed by atoms with Crippen molar-refractivity contribution in [2.45, 2.75) is 45.7 Å². The summed E-state index contributed by atoms with van der Waals surface area (Å²) in [6, 6.07) is 6.55. The molecule has 8 heteroatoms. The number of hydrogen-bond donors (Lipinski definition) is 3. The predicted molar refractivity (Wildman–Crippen MR) is 125 cm³/mol. The molecule has 3 N–H and O–H groups in total. The molecule has 0 aromatic heterocycles. The molecule has 0 radical (unpaired) electrons. The fraction of sp³-hybridized carbons (Fsp3) is 0.619. The number of aliphatic imine (C=N–C) groups is 1. The molecule has 1 amide bonds. The molecule has 1 saturated heterocycles. The summed E-state index contributed by atoms with van der Waals surface area (Å²) in [7, 11) is 0. The Kier molecular flexibility index (Phi) is 9.99. The first-order valence-electron chi connectivity index (χ1n) is 10.3. The van der Waals surface area contributed by atoms with Crippen LogP contribution in [0.3, 0.4) is 0 Å². The van der Waals surface area contributed by atoms with E-state index in [1.54, 1.807) is 0 Å². The summed E-state index contributed by atoms with van der Waals surface area (Å²) < 4.78 is 11.5. The second kappa shape index (κ2) is 12.2. The Morgan fingerprint density at radius 2 is 2.10 bits per heavy atom. The Morgan fingerprint density at radius 1 is 1.28 bits per heavy atom. The van der Waals surface area contributed by atoms with Crippen LogP contribution in [0.4, 0.5) is 0 Å². The number of hydrogen-bond acceptors (Lipinski definition) is 4. The van der Waals surface area contributed by atoms with Crippen LogP contribution in [0.25, 0.3) is 0 Å². The topological polar surface area (TPSA) is 84.0 Å². The van der Waals surface area contributed by atoms with Crippen LogP contribution in [0.2, 0.25) is 0 Å². The van der Waals surface area contributed by atoms with E-state index in [0.717, 1.165) is 55.9 Å². The minimum absolute atomic E-state index is 0. The molecule has 1 saturated carbocycles. The summed E-state index contributed by atoms with van der Waals surface area (Å²) in [4.78, 5) is 16.5. The van der Waals surface area contributed by atoms with Crippen molar-refractivity contribution in [1.82, 2.24) is 16.0 Å². The van der Waals surface area contributed by atoms with E-state index in [9.17, 15) is 4.79 Å². The number of benzene rings is 1. The molecule has 29 heavy (non-hydrogen) atoms. The fourth-order valence-corrected chi connectivity index (χ4v) is 3.03. The van der Waals surface area contributed by atoms with Gasteiger partial charge in [0.25, 0.3) is 0 Å². The number of carbonyl (C=O) groups excluding carboxylic acids is 1. The molecule has 7 nitrogen and oxygen atoms in total. The average Bonchev–Trinajstić information content (AvgIpc) is 3.33. The van der Waals surface area contributed by atoms with E-state index in [4.69, 9.17) is 9.47 Å². The van der Waals surface area contributed by atoms with Crippen molar-refractivity contribution in [3.05, 3.63) is 29.3 Å². The lowest BCUT2D eigenvalue weighted by Gasteiger charge is -2.15. The highest BCUT2D eigenvalue weighted by atomic mass is 127. The number of aryl methyl sites for hydroxylation is 1. The lowest BCUT2D eigenvalue weighted by molar-refractivity contribution is -0.120. The SMILES string of the molecule is CCNC(=NCc1ccc(C)cc1OCC1CCOC1)NCC(=O)NC1CC1.I. The maximum Gasteiger partial charge on any atom is 0.239 e. The standard InChI is InChI=1S/C21H32N4O3.HI/c1-3-22-21(24-12-20(26)25-18-6-7-18)23-11-17-5-4-15(2)10-19(17)28-14-16-8-9-27-13-16;/h4-5,10,16,18H,3,6-9,11-14H2,1-2H3,(H,25,26)(H2,22,23,24);1H. The highest BCUT2D eigenvalue weighted by Crippen LogP contribution is 2.23. The highest BCUT2D eigenvalue weighted by Gasteiger charge is 2.23. The van der Waals surface area contributed by atoms with Crippen LogP contribution in [0.1, 0.15) is 37.3 Å². The van der Waals surface area contributed by atoms with Crippen LogP contribution < -0.4 is 20.7 Å². The van der Waals surface area contributed by atoms with Gasteiger partial charge in [-0.15, -0.1) is 24.0 Å². The molecule has 1 aromatic carbocycles. The first-order valence-corrected chi connectivity index (χ1v) is 10.3. The van der Waals surface area contributed by atoms with Gasteiger partial charge in [0.2, 0.25) is 5.91 Å². The van der Waals surface area contributed by atoms with Crippen molar-refractivity contribution in [2.24, 2.45) is 10.9 Å². The second-order valence-electron chi connectivity index (χ2n) is 7.54. The molecule has 2 fully saturated rings. The largest absolute Gasteiger partial charge is 0.493 e. The first-order chi connectivity index (χ1) is 13.6. The zero-order valence-electron chi connectivity index (χ0n) is 17.3. The summed E-state index contributed by atoms with van der Waals surface area (Å²) in [5.41, 5.74) is 2.19. The molecule has 2 aliphatic rings. The van der Waals surface area contributed by atoms with E-state index in [1.165, 1.54) is 0 Å². The van der Waals surface area contributed by atoms with E-state index >= 15 is 0 Å². The number of nitrogens with zero attached hydrogens (tertiary/aromatic N) is 1. The van der Waals surface area contributed by atoms with Gasteiger partial charge in [0.05, 0.1) is 26.3 Å². The van der Waals surface area contributed by atoms with Crippen molar-refractivity contribution in [3.63, 3.8) is 0 Å². The Bertz CT molecular complexity index is 689. The van der Waals surface area contributed by atoms with Gasteiger partial charge >= 0.3 is 0 Å². The van der Waals surface area contributed by atoms with Crippen molar-refractivity contribution < 1.29 is 14.3 Å². The van der Waals surface area contributed by atoms with Crippen LogP contribution in [0, 0.1) is 12.8 Å². The molecule has 0 bridgehead atoms. The lowest BCUT2D eigenvalue weighted by Crippen LogP contribution is -2.43. The molecule has 1 aromatic rings. The molecule has 1 unspecified atom stereocenters. The molecule has 1 aliphatic heterocycles. The maximum atomic E-state index is 11.9. The van der Waals surface area contributed by atoms with Crippen LogP contribution in [0.15, 0.2) is 23.2 Å². The molecule has 1 heterocycles. The Hall–Kier alpha value is -1.55. The zero-order chi connectivity index (χ0) is 19.8. The normalized spacial score (nSPS) is 18.7. The van der Waals surface area contributed by atoms with Gasteiger partial charge in [-0.2, -0.15) is 0 Å². The third kappa shape index (κ3) is 8.38. The van der Waals surface area contributed by atoms with Crippen LogP contribution in [0.5, 0.6) is 5.75 Å². The molecule has 1 aliphatic carbocycles. The maximum absolute atomic E-state index is 11.9. The minimum Gasteiger partial charge on any atom is -0.493 e. The number of carbonyl (C=O) groups is 1. The molecular formula is C21H33IN4O3. The summed E-state index contributed by atoms with van der Waals surface area (Å²) in [6.07, 6.45) is 3.23. The minimum atomic E-state index is 0. The van der Waals surface area contributed by atoms with Gasteiger partial charge in [0.15, 0.2) is 5.96 Å². The smallest absolute Gasteiger partial charge is 0.239 e. The Morgan fingerprint density at radius 3 is 2.79 bits per heavy atom. The predicted octanol–water partition coefficient (Wildman–Crippen LogP) is 2.36. The molecule has 162 valence electrons. The van der Waals surface area contributed by atoms with Gasteiger partial charge in [0.1, 0.15) is 5.75 Å². The van der Waals surface area contributed by atoms with E-state index in [-0.39, 0.29) is 36.4 Å². The molecule has 1 atom stereocenters. The van der Waals surface area contributed by atoms with Crippen LogP contribution >= 0.6 is 24.0 Å². The Balaban J connectivity index is 0.00000300. The van der Waals surface area contributed by atoms with Gasteiger partial charge in [-0.1, -0.05) is 12.1 Å². The first kappa shape index (κ1) is 23.7. The van der Waals surface area contributed by atoms with E-state index in [2.05, 4.69) is 46.1 Å². The summed E-state index contributed by atoms with van der Waals surface area (Å²) >= 11 is 0. The van der Waals surface area contributed by atoms with Gasteiger partial charge in [-0.25, -0.2) is 4.99 Å². The highest BCUT2D eigenvalue weighted by molar-refractivity contribution is 14.0. The number of rotatable bonds is 9. The van der Waals surface area contributed by atoms with Gasteiger partial charge in [-0.3, -0.25) is 4.79 Å². The monoisotopic (exact) mass is 516 g/mol. The second-order valence-corrected chi connectivity index (χ2v) is 7.54. The number of nitrogens with one attached hydrogen (secondary N) is 3. The number of ether oxygens (including phenoxy) is 2. The average molecular weight is 516 g/mol. The van der Waals surface area contributed by atoms with E-state index in [0.29, 0.717) is 31.1 Å². The third-order valence-corrected chi connectivity index (χ3v) is 4.83. The van der Waals surface area contributed by atoms with Gasteiger partial charge < -0.3 is 25.4 Å². The number of guanidine groups is 1. The number of halogens is 1. The van der Waals surface area contributed by atoms with Crippen molar-refractivity contribution in [3.8, 4) is 5.75 Å². The van der Waals surface area contributed by atoms with Crippen LogP contribution in [-0.4, -0.2) is 50.8 Å². The summed E-state index contributed by atoms with van der Waals surface area (Å²) in [5.74, 6) is 1.97. The zero-order valence-corrected chi connectivity index (χ0v) is 19.7. The summed E-state index contributed by atoms with van der Waals surface area (Å²) in [6.45, 7) is 7.77. The van der Waals surface area contributed by atoms with Gasteiger partial charge in [0, 0.05) is 30.7 Å². The van der Waals surface area contributed by atoms with E-state index < -0.39 is 0 Å². The molecule has 3 rings (SSSR count). The fourth-order valence-electron chi connectivity index (χ4n) is 3.03. The number of amides is 1.